The van der Waals surface area contributed by atoms with Crippen molar-refractivity contribution in [2.75, 3.05) is 12.0 Å². The van der Waals surface area contributed by atoms with Crippen molar-refractivity contribution < 1.29 is 18.8 Å². The van der Waals surface area contributed by atoms with Gasteiger partial charge >= 0.3 is 5.97 Å². The van der Waals surface area contributed by atoms with E-state index in [1.807, 2.05) is 31.2 Å². The average molecular weight is 314 g/mol. The highest BCUT2D eigenvalue weighted by molar-refractivity contribution is 6.06. The predicted octanol–water partition coefficient (Wildman–Crippen LogP) is 2.68. The molecule has 120 valence electrons. The largest absolute Gasteiger partial charge is 0.469 e. The maximum Gasteiger partial charge on any atom is 0.313 e. The number of nitrogens with zero attached hydrogens (tertiary/aromatic N) is 2. The van der Waals surface area contributed by atoms with Crippen molar-refractivity contribution >= 4 is 17.6 Å². The molecule has 0 saturated carbocycles. The number of para-hydroxylation sites is 1. The van der Waals surface area contributed by atoms with Crippen molar-refractivity contribution in [3.63, 3.8) is 0 Å². The van der Waals surface area contributed by atoms with Gasteiger partial charge in [0.05, 0.1) is 13.0 Å². The lowest BCUT2D eigenvalue weighted by Gasteiger charge is -2.37. The van der Waals surface area contributed by atoms with Crippen molar-refractivity contribution in [1.29, 1.82) is 0 Å². The summed E-state index contributed by atoms with van der Waals surface area (Å²) in [6.45, 7) is 3.65. The fraction of sp³-hybridized carbons (Fsp3) is 0.353. The van der Waals surface area contributed by atoms with Gasteiger partial charge in [0.15, 0.2) is 5.69 Å². The third-order valence-electron chi connectivity index (χ3n) is 4.14. The molecule has 0 saturated heterocycles. The molecule has 0 aliphatic carbocycles. The molecule has 6 nitrogen and oxygen atoms in total. The van der Waals surface area contributed by atoms with Gasteiger partial charge in [0.25, 0.3) is 5.91 Å². The van der Waals surface area contributed by atoms with E-state index in [-0.39, 0.29) is 29.5 Å². The normalized spacial score (nSPS) is 20.0. The summed E-state index contributed by atoms with van der Waals surface area (Å²) in [5.41, 5.74) is 1.78. The first-order chi connectivity index (χ1) is 11.0. The van der Waals surface area contributed by atoms with Gasteiger partial charge in [-0.25, -0.2) is 0 Å². The van der Waals surface area contributed by atoms with E-state index in [2.05, 4.69) is 5.16 Å². The van der Waals surface area contributed by atoms with Gasteiger partial charge in [-0.05, 0) is 31.9 Å². The molecule has 0 bridgehead atoms. The van der Waals surface area contributed by atoms with Gasteiger partial charge in [-0.1, -0.05) is 23.4 Å². The summed E-state index contributed by atoms with van der Waals surface area (Å²) in [6, 6.07) is 8.86. The van der Waals surface area contributed by atoms with Gasteiger partial charge < -0.3 is 14.2 Å². The van der Waals surface area contributed by atoms with Gasteiger partial charge in [0.1, 0.15) is 5.76 Å². The van der Waals surface area contributed by atoms with E-state index < -0.39 is 0 Å². The zero-order chi connectivity index (χ0) is 16.6. The van der Waals surface area contributed by atoms with E-state index in [1.165, 1.54) is 7.11 Å². The zero-order valence-electron chi connectivity index (χ0n) is 13.3. The standard InChI is InChI=1S/C17H18N2O4/c1-10-8-13(17(21)22-3)12-6-4-5-7-15(12)19(10)16(20)14-9-11(2)23-18-14/h4-7,9-10,13H,8H2,1-3H3. The molecule has 1 aromatic heterocycles. The number of anilines is 1. The molecule has 6 heteroatoms. The lowest BCUT2D eigenvalue weighted by atomic mass is 9.86. The van der Waals surface area contributed by atoms with E-state index in [0.29, 0.717) is 17.9 Å². The first-order valence-electron chi connectivity index (χ1n) is 7.46. The van der Waals surface area contributed by atoms with E-state index in [9.17, 15) is 9.59 Å². The van der Waals surface area contributed by atoms with Crippen LogP contribution in [0.15, 0.2) is 34.9 Å². The van der Waals surface area contributed by atoms with Crippen molar-refractivity contribution in [3.8, 4) is 0 Å². The highest BCUT2D eigenvalue weighted by Gasteiger charge is 2.38. The monoisotopic (exact) mass is 314 g/mol. The van der Waals surface area contributed by atoms with Crippen LogP contribution in [0.3, 0.4) is 0 Å². The van der Waals surface area contributed by atoms with E-state index in [1.54, 1.807) is 17.9 Å². The highest BCUT2D eigenvalue weighted by Crippen LogP contribution is 2.39. The van der Waals surface area contributed by atoms with Crippen molar-refractivity contribution in [2.45, 2.75) is 32.2 Å². The van der Waals surface area contributed by atoms with Crippen LogP contribution in [0.25, 0.3) is 0 Å². The molecule has 1 aliphatic rings. The van der Waals surface area contributed by atoms with Crippen molar-refractivity contribution in [2.24, 2.45) is 0 Å². The number of hydrogen-bond acceptors (Lipinski definition) is 5. The molecule has 23 heavy (non-hydrogen) atoms. The van der Waals surface area contributed by atoms with Crippen LogP contribution in [-0.2, 0) is 9.53 Å². The Morgan fingerprint density at radius 3 is 2.74 bits per heavy atom. The fourth-order valence-electron chi connectivity index (χ4n) is 3.08. The topological polar surface area (TPSA) is 72.6 Å². The van der Waals surface area contributed by atoms with Crippen molar-refractivity contribution in [3.05, 3.63) is 47.3 Å². The highest BCUT2D eigenvalue weighted by atomic mass is 16.5. The molecule has 2 heterocycles. The summed E-state index contributed by atoms with van der Waals surface area (Å²) in [5, 5.41) is 3.81. The maximum atomic E-state index is 12.8. The Morgan fingerprint density at radius 2 is 2.09 bits per heavy atom. The minimum absolute atomic E-state index is 0.154. The molecule has 1 amide bonds. The fourth-order valence-corrected chi connectivity index (χ4v) is 3.08. The number of esters is 1. The second kappa shape index (κ2) is 5.87. The van der Waals surface area contributed by atoms with Gasteiger partial charge in [-0.15, -0.1) is 0 Å². The molecule has 0 fully saturated rings. The average Bonchev–Trinajstić information content (AvgIpc) is 2.99. The summed E-state index contributed by atoms with van der Waals surface area (Å²) in [7, 11) is 1.38. The number of fused-ring (bicyclic) bond motifs is 1. The quantitative estimate of drug-likeness (QED) is 0.797. The lowest BCUT2D eigenvalue weighted by Crippen LogP contribution is -2.44. The maximum absolute atomic E-state index is 12.8. The van der Waals surface area contributed by atoms with Gasteiger partial charge in [-0.3, -0.25) is 9.59 Å². The summed E-state index contributed by atoms with van der Waals surface area (Å²) < 4.78 is 9.91. The Labute approximate surface area is 134 Å². The number of ether oxygens (including phenoxy) is 1. The minimum atomic E-state index is -0.366. The van der Waals surface area contributed by atoms with Crippen LogP contribution in [0, 0.1) is 6.92 Å². The molecule has 0 radical (unpaired) electrons. The number of benzene rings is 1. The SMILES string of the molecule is COC(=O)C1CC(C)N(C(=O)c2cc(C)on2)c2ccccc21. The zero-order valence-corrected chi connectivity index (χ0v) is 13.3. The van der Waals surface area contributed by atoms with Crippen molar-refractivity contribution in [1.82, 2.24) is 5.16 Å². The number of carbonyl (C=O) groups is 2. The Bertz CT molecular complexity index is 753. The lowest BCUT2D eigenvalue weighted by molar-refractivity contribution is -0.142. The molecule has 2 atom stereocenters. The van der Waals surface area contributed by atoms with Crippen LogP contribution in [0.2, 0.25) is 0 Å². The third kappa shape index (κ3) is 2.60. The van der Waals surface area contributed by atoms with Gasteiger partial charge in [-0.2, -0.15) is 0 Å². The number of amides is 1. The number of aryl methyl sites for hydroxylation is 1. The van der Waals surface area contributed by atoms with E-state index in [0.717, 1.165) is 5.56 Å². The Balaban J connectivity index is 2.04. The van der Waals surface area contributed by atoms with Gasteiger partial charge in [0, 0.05) is 17.8 Å². The molecule has 0 spiro atoms. The molecule has 2 aromatic rings. The number of aromatic nitrogens is 1. The van der Waals surface area contributed by atoms with Crippen LogP contribution < -0.4 is 4.90 Å². The number of hydrogen-bond donors (Lipinski definition) is 0. The van der Waals surface area contributed by atoms with Gasteiger partial charge in [0.2, 0.25) is 0 Å². The first-order valence-corrected chi connectivity index (χ1v) is 7.46. The number of carbonyl (C=O) groups excluding carboxylic acids is 2. The molecular weight excluding hydrogens is 296 g/mol. The Kier molecular flexibility index (Phi) is 3.90. The minimum Gasteiger partial charge on any atom is -0.469 e. The first kappa shape index (κ1) is 15.3. The summed E-state index contributed by atoms with van der Waals surface area (Å²) in [6.07, 6.45) is 0.506. The van der Waals surface area contributed by atoms with Crippen LogP contribution in [0.1, 0.15) is 41.1 Å². The third-order valence-corrected chi connectivity index (χ3v) is 4.14. The second-order valence-corrected chi connectivity index (χ2v) is 5.72. The second-order valence-electron chi connectivity index (χ2n) is 5.72. The van der Waals surface area contributed by atoms with Crippen LogP contribution in [-0.4, -0.2) is 30.2 Å². The molecular formula is C17H18N2O4. The molecule has 0 N–H and O–H groups in total. The number of rotatable bonds is 2. The van der Waals surface area contributed by atoms with Crippen LogP contribution in [0.4, 0.5) is 5.69 Å². The molecule has 3 rings (SSSR count). The Hall–Kier alpha value is -2.63. The summed E-state index contributed by atoms with van der Waals surface area (Å²) >= 11 is 0. The summed E-state index contributed by atoms with van der Waals surface area (Å²) in [5.74, 6) is -0.299. The molecule has 1 aliphatic heterocycles. The van der Waals surface area contributed by atoms with Crippen LogP contribution >= 0.6 is 0 Å². The Morgan fingerprint density at radius 1 is 1.35 bits per heavy atom. The predicted molar refractivity (Wildman–Crippen MR) is 83.3 cm³/mol. The van der Waals surface area contributed by atoms with E-state index >= 15 is 0 Å². The number of methoxy groups -OCH3 is 1. The van der Waals surface area contributed by atoms with E-state index in [4.69, 9.17) is 9.26 Å². The molecule has 1 aromatic carbocycles. The summed E-state index contributed by atoms with van der Waals surface area (Å²) in [4.78, 5) is 26.6. The molecule has 2 unspecified atom stereocenters. The van der Waals surface area contributed by atoms with Crippen LogP contribution in [0.5, 0.6) is 0 Å². The smallest absolute Gasteiger partial charge is 0.313 e.